The number of phenolic OH excluding ortho intramolecular Hbond substituents is 1. The summed E-state index contributed by atoms with van der Waals surface area (Å²) < 4.78 is 16.0. The van der Waals surface area contributed by atoms with Gasteiger partial charge in [0.15, 0.2) is 11.5 Å². The Kier molecular flexibility index (Phi) is 7.60. The molecule has 176 valence electrons. The van der Waals surface area contributed by atoms with Crippen molar-refractivity contribution in [3.8, 4) is 17.2 Å². The lowest BCUT2D eigenvalue weighted by Gasteiger charge is -2.25. The predicted octanol–water partition coefficient (Wildman–Crippen LogP) is 3.50. The first-order valence-corrected chi connectivity index (χ1v) is 10.7. The quantitative estimate of drug-likeness (QED) is 0.339. The van der Waals surface area contributed by atoms with Crippen molar-refractivity contribution in [2.24, 2.45) is 5.92 Å². The number of methoxy groups -OCH3 is 2. The van der Waals surface area contributed by atoms with Crippen LogP contribution in [-0.4, -0.2) is 60.8 Å². The fourth-order valence-corrected chi connectivity index (χ4v) is 3.64. The minimum absolute atomic E-state index is 0.0419. The molecular weight excluding hydrogens is 426 g/mol. The Balaban J connectivity index is 2.07. The van der Waals surface area contributed by atoms with Crippen LogP contribution in [0.5, 0.6) is 17.2 Å². The summed E-state index contributed by atoms with van der Waals surface area (Å²) in [6, 6.07) is 10.4. The smallest absolute Gasteiger partial charge is 0.295 e. The van der Waals surface area contributed by atoms with Crippen LogP contribution < -0.4 is 9.47 Å². The third-order valence-corrected chi connectivity index (χ3v) is 5.31. The molecule has 8 heteroatoms. The van der Waals surface area contributed by atoms with Gasteiger partial charge in [-0.15, -0.1) is 0 Å². The van der Waals surface area contributed by atoms with Crippen molar-refractivity contribution in [2.75, 3.05) is 34.0 Å². The number of aliphatic hydroxyl groups excluding tert-OH is 1. The summed E-state index contributed by atoms with van der Waals surface area (Å²) in [6.07, 6.45) is 0. The van der Waals surface area contributed by atoms with Crippen molar-refractivity contribution in [2.45, 2.75) is 19.9 Å². The minimum Gasteiger partial charge on any atom is -0.507 e. The summed E-state index contributed by atoms with van der Waals surface area (Å²) in [5.41, 5.74) is 0.852. The Morgan fingerprint density at radius 3 is 2.39 bits per heavy atom. The number of carbonyl (C=O) groups is 2. The third-order valence-electron chi connectivity index (χ3n) is 5.31. The third kappa shape index (κ3) is 5.12. The van der Waals surface area contributed by atoms with E-state index in [4.69, 9.17) is 14.2 Å². The second kappa shape index (κ2) is 10.4. The topological polar surface area (TPSA) is 106 Å². The van der Waals surface area contributed by atoms with E-state index < -0.39 is 17.7 Å². The van der Waals surface area contributed by atoms with Crippen LogP contribution in [0.25, 0.3) is 5.76 Å². The lowest BCUT2D eigenvalue weighted by molar-refractivity contribution is -0.140. The number of ketones is 1. The van der Waals surface area contributed by atoms with Crippen molar-refractivity contribution < 1.29 is 34.0 Å². The minimum atomic E-state index is -0.869. The highest BCUT2D eigenvalue weighted by Gasteiger charge is 2.46. The number of hydrogen-bond acceptors (Lipinski definition) is 7. The number of aromatic hydroxyl groups is 1. The van der Waals surface area contributed by atoms with Crippen LogP contribution >= 0.6 is 0 Å². The summed E-state index contributed by atoms with van der Waals surface area (Å²) in [5.74, 6) is -0.698. The monoisotopic (exact) mass is 455 g/mol. The van der Waals surface area contributed by atoms with Gasteiger partial charge in [0.25, 0.3) is 11.7 Å². The summed E-state index contributed by atoms with van der Waals surface area (Å²) in [7, 11) is 2.90. The molecule has 1 aliphatic rings. The van der Waals surface area contributed by atoms with E-state index in [2.05, 4.69) is 0 Å². The molecule has 0 saturated carbocycles. The number of Topliss-reactive ketones (excluding diaryl/α,β-unsaturated/α-hetero) is 1. The van der Waals surface area contributed by atoms with Crippen LogP contribution in [-0.2, 0) is 14.3 Å². The molecule has 0 spiro atoms. The predicted molar refractivity (Wildman–Crippen MR) is 122 cm³/mol. The van der Waals surface area contributed by atoms with Crippen LogP contribution in [0.2, 0.25) is 0 Å². The van der Waals surface area contributed by atoms with Crippen LogP contribution in [0.15, 0.2) is 48.0 Å². The molecule has 1 fully saturated rings. The number of aliphatic hydroxyl groups is 1. The van der Waals surface area contributed by atoms with E-state index in [0.29, 0.717) is 29.4 Å². The Bertz CT molecular complexity index is 1040. The molecule has 2 aromatic carbocycles. The van der Waals surface area contributed by atoms with Gasteiger partial charge in [-0.1, -0.05) is 19.9 Å². The van der Waals surface area contributed by atoms with E-state index in [1.165, 1.54) is 25.2 Å². The van der Waals surface area contributed by atoms with Crippen molar-refractivity contribution in [3.63, 3.8) is 0 Å². The number of likely N-dealkylation sites (tertiary alicyclic amines) is 1. The highest BCUT2D eigenvalue weighted by molar-refractivity contribution is 6.46. The Morgan fingerprint density at radius 2 is 1.79 bits per heavy atom. The summed E-state index contributed by atoms with van der Waals surface area (Å²) in [4.78, 5) is 27.2. The molecule has 8 nitrogen and oxygen atoms in total. The molecule has 1 saturated heterocycles. The number of amides is 1. The van der Waals surface area contributed by atoms with Crippen LogP contribution in [0.3, 0.4) is 0 Å². The molecule has 0 unspecified atom stereocenters. The highest BCUT2D eigenvalue weighted by Crippen LogP contribution is 2.41. The molecule has 33 heavy (non-hydrogen) atoms. The van der Waals surface area contributed by atoms with Gasteiger partial charge in [0.05, 0.1) is 31.9 Å². The molecule has 1 atom stereocenters. The molecule has 1 amide bonds. The van der Waals surface area contributed by atoms with Gasteiger partial charge in [-0.2, -0.15) is 0 Å². The average Bonchev–Trinajstić information content (AvgIpc) is 3.06. The Morgan fingerprint density at radius 1 is 1.09 bits per heavy atom. The first-order chi connectivity index (χ1) is 15.8. The summed E-state index contributed by atoms with van der Waals surface area (Å²) in [5, 5.41) is 21.1. The van der Waals surface area contributed by atoms with Gasteiger partial charge in [0, 0.05) is 19.2 Å². The van der Waals surface area contributed by atoms with Gasteiger partial charge in [-0.3, -0.25) is 9.59 Å². The van der Waals surface area contributed by atoms with Crippen molar-refractivity contribution in [1.82, 2.24) is 4.90 Å². The molecule has 2 N–H and O–H groups in total. The number of phenols is 1. The number of rotatable bonds is 9. The van der Waals surface area contributed by atoms with E-state index >= 15 is 0 Å². The van der Waals surface area contributed by atoms with Crippen LogP contribution in [0.1, 0.15) is 31.0 Å². The zero-order chi connectivity index (χ0) is 24.1. The van der Waals surface area contributed by atoms with Crippen molar-refractivity contribution in [3.05, 3.63) is 59.2 Å². The van der Waals surface area contributed by atoms with Gasteiger partial charge in [-0.05, 0) is 47.9 Å². The zero-order valence-corrected chi connectivity index (χ0v) is 19.2. The second-order valence-electron chi connectivity index (χ2n) is 8.15. The highest BCUT2D eigenvalue weighted by atomic mass is 16.5. The van der Waals surface area contributed by atoms with Gasteiger partial charge < -0.3 is 29.3 Å². The van der Waals surface area contributed by atoms with Crippen molar-refractivity contribution >= 4 is 17.4 Å². The van der Waals surface area contributed by atoms with Gasteiger partial charge >= 0.3 is 0 Å². The van der Waals surface area contributed by atoms with E-state index in [0.717, 1.165) is 0 Å². The molecule has 0 aromatic heterocycles. The number of hydrogen-bond donors (Lipinski definition) is 2. The maximum Gasteiger partial charge on any atom is 0.295 e. The van der Waals surface area contributed by atoms with Gasteiger partial charge in [-0.25, -0.2) is 0 Å². The molecule has 1 heterocycles. The number of ether oxygens (including phenoxy) is 3. The molecule has 2 aromatic rings. The zero-order valence-electron chi connectivity index (χ0n) is 19.2. The largest absolute Gasteiger partial charge is 0.507 e. The maximum atomic E-state index is 13.0. The fraction of sp³-hybridized carbons (Fsp3) is 0.360. The van der Waals surface area contributed by atoms with Gasteiger partial charge in [0.2, 0.25) is 0 Å². The molecule has 0 radical (unpaired) electrons. The SMILES string of the molecule is COCCN1C(=O)C(=O)/C(=C(/O)c2ccc(OCC(C)C)cc2)[C@@H]1c1ccc(O)c(OC)c1. The molecule has 1 aliphatic heterocycles. The maximum absolute atomic E-state index is 13.0. The Labute approximate surface area is 193 Å². The molecule has 3 rings (SSSR count). The lowest BCUT2D eigenvalue weighted by atomic mass is 9.95. The summed E-state index contributed by atoms with van der Waals surface area (Å²) in [6.45, 7) is 5.00. The second-order valence-corrected chi connectivity index (χ2v) is 8.15. The van der Waals surface area contributed by atoms with E-state index in [9.17, 15) is 19.8 Å². The van der Waals surface area contributed by atoms with Crippen molar-refractivity contribution in [1.29, 1.82) is 0 Å². The standard InChI is InChI=1S/C25H29NO7/c1-15(2)14-33-18-8-5-16(6-9-18)23(28)21-22(17-7-10-19(27)20(13-17)32-4)26(11-12-31-3)25(30)24(21)29/h5-10,13,15,22,27-28H,11-12,14H2,1-4H3/b23-21+/t22-/m0/s1. The summed E-state index contributed by atoms with van der Waals surface area (Å²) >= 11 is 0. The van der Waals surface area contributed by atoms with E-state index in [1.54, 1.807) is 36.4 Å². The van der Waals surface area contributed by atoms with E-state index in [1.807, 2.05) is 13.8 Å². The average molecular weight is 456 g/mol. The normalized spacial score (nSPS) is 17.6. The number of carbonyl (C=O) groups excluding carboxylic acids is 2. The molecule has 0 bridgehead atoms. The lowest BCUT2D eigenvalue weighted by Crippen LogP contribution is -2.32. The van der Waals surface area contributed by atoms with Gasteiger partial charge in [0.1, 0.15) is 11.5 Å². The first kappa shape index (κ1) is 24.1. The number of nitrogens with zero attached hydrogens (tertiary/aromatic N) is 1. The first-order valence-electron chi connectivity index (χ1n) is 10.7. The fourth-order valence-electron chi connectivity index (χ4n) is 3.64. The molecule has 0 aliphatic carbocycles. The number of benzene rings is 2. The van der Waals surface area contributed by atoms with E-state index in [-0.39, 0.29) is 36.0 Å². The molecular formula is C25H29NO7. The Hall–Kier alpha value is -3.52. The van der Waals surface area contributed by atoms with Crippen LogP contribution in [0.4, 0.5) is 0 Å². The van der Waals surface area contributed by atoms with Crippen LogP contribution in [0, 0.1) is 5.92 Å².